The van der Waals surface area contributed by atoms with Gasteiger partial charge in [-0.2, -0.15) is 5.10 Å². The van der Waals surface area contributed by atoms with Crippen molar-refractivity contribution in [3.8, 4) is 5.69 Å². The van der Waals surface area contributed by atoms with Gasteiger partial charge in [0.2, 0.25) is 0 Å². The molecule has 0 aliphatic carbocycles. The lowest BCUT2D eigenvalue weighted by molar-refractivity contribution is 0.141. The number of aryl methyl sites for hydroxylation is 3. The van der Waals surface area contributed by atoms with E-state index in [1.165, 1.54) is 10.9 Å². The molecule has 0 atom stereocenters. The lowest BCUT2D eigenvalue weighted by Crippen LogP contribution is -2.09. The predicted molar refractivity (Wildman–Crippen MR) is 70.6 cm³/mol. The van der Waals surface area contributed by atoms with E-state index < -0.39 is 6.43 Å². The summed E-state index contributed by atoms with van der Waals surface area (Å²) < 4.78 is 27.8. The van der Waals surface area contributed by atoms with Crippen LogP contribution in [-0.2, 0) is 6.54 Å². The first-order valence-electron chi connectivity index (χ1n) is 6.09. The van der Waals surface area contributed by atoms with Crippen molar-refractivity contribution in [2.24, 2.45) is 5.73 Å². The lowest BCUT2D eigenvalue weighted by atomic mass is 10.0. The SMILES string of the molecule is Cc1cc(C)c(-n2ncc(CN)c2C(F)F)c(C)c1. The van der Waals surface area contributed by atoms with Gasteiger partial charge in [-0.25, -0.2) is 13.5 Å². The maximum atomic E-state index is 13.2. The molecule has 0 aliphatic heterocycles. The van der Waals surface area contributed by atoms with Crippen molar-refractivity contribution in [1.29, 1.82) is 0 Å². The van der Waals surface area contributed by atoms with Gasteiger partial charge in [0.25, 0.3) is 6.43 Å². The molecule has 2 aromatic rings. The van der Waals surface area contributed by atoms with Crippen molar-refractivity contribution in [3.63, 3.8) is 0 Å². The Bertz CT molecular complexity index is 580. The summed E-state index contributed by atoms with van der Waals surface area (Å²) in [6, 6.07) is 3.92. The van der Waals surface area contributed by atoms with Gasteiger partial charge in [-0.3, -0.25) is 0 Å². The third-order valence-corrected chi connectivity index (χ3v) is 3.16. The van der Waals surface area contributed by atoms with E-state index in [1.54, 1.807) is 0 Å². The van der Waals surface area contributed by atoms with Crippen LogP contribution in [0.1, 0.15) is 34.4 Å². The molecule has 5 heteroatoms. The molecule has 1 aromatic carbocycles. The van der Waals surface area contributed by atoms with Gasteiger partial charge in [-0.05, 0) is 31.9 Å². The monoisotopic (exact) mass is 265 g/mol. The Morgan fingerprint density at radius 1 is 1.21 bits per heavy atom. The molecule has 0 radical (unpaired) electrons. The van der Waals surface area contributed by atoms with Crippen LogP contribution >= 0.6 is 0 Å². The maximum Gasteiger partial charge on any atom is 0.280 e. The quantitative estimate of drug-likeness (QED) is 0.926. The van der Waals surface area contributed by atoms with Crippen LogP contribution in [0.25, 0.3) is 5.69 Å². The number of aromatic nitrogens is 2. The summed E-state index contributed by atoms with van der Waals surface area (Å²) in [7, 11) is 0. The number of nitrogens with zero attached hydrogens (tertiary/aromatic N) is 2. The first-order valence-corrected chi connectivity index (χ1v) is 6.09. The van der Waals surface area contributed by atoms with Gasteiger partial charge in [0.05, 0.1) is 11.9 Å². The van der Waals surface area contributed by atoms with E-state index in [0.717, 1.165) is 16.7 Å². The van der Waals surface area contributed by atoms with E-state index in [2.05, 4.69) is 5.10 Å². The summed E-state index contributed by atoms with van der Waals surface area (Å²) in [5, 5.41) is 4.09. The van der Waals surface area contributed by atoms with E-state index in [1.807, 2.05) is 32.9 Å². The van der Waals surface area contributed by atoms with Crippen LogP contribution in [0.15, 0.2) is 18.3 Å². The topological polar surface area (TPSA) is 43.8 Å². The highest BCUT2D eigenvalue weighted by Crippen LogP contribution is 2.29. The molecule has 19 heavy (non-hydrogen) atoms. The minimum absolute atomic E-state index is 0.0592. The van der Waals surface area contributed by atoms with Gasteiger partial charge in [0, 0.05) is 12.1 Å². The second-order valence-electron chi connectivity index (χ2n) is 4.72. The second-order valence-corrected chi connectivity index (χ2v) is 4.72. The van der Waals surface area contributed by atoms with Crippen molar-refractivity contribution in [3.05, 3.63) is 46.3 Å². The van der Waals surface area contributed by atoms with E-state index in [-0.39, 0.29) is 12.2 Å². The molecule has 0 unspecified atom stereocenters. The molecule has 2 rings (SSSR count). The summed E-state index contributed by atoms with van der Waals surface area (Å²) in [6.07, 6.45) is -1.18. The summed E-state index contributed by atoms with van der Waals surface area (Å²) in [6.45, 7) is 5.83. The lowest BCUT2D eigenvalue weighted by Gasteiger charge is -2.14. The van der Waals surface area contributed by atoms with Crippen molar-refractivity contribution in [2.75, 3.05) is 0 Å². The fraction of sp³-hybridized carbons (Fsp3) is 0.357. The first kappa shape index (κ1) is 13.7. The normalized spacial score (nSPS) is 11.3. The number of rotatable bonds is 3. The molecule has 0 bridgehead atoms. The average molecular weight is 265 g/mol. The summed E-state index contributed by atoms with van der Waals surface area (Å²) in [4.78, 5) is 0. The molecule has 1 heterocycles. The fourth-order valence-electron chi connectivity index (χ4n) is 2.47. The maximum absolute atomic E-state index is 13.2. The largest absolute Gasteiger partial charge is 0.326 e. The average Bonchev–Trinajstić information content (AvgIpc) is 2.71. The predicted octanol–water partition coefficient (Wildman–Crippen LogP) is 3.19. The summed E-state index contributed by atoms with van der Waals surface area (Å²) in [5.41, 5.74) is 9.42. The van der Waals surface area contributed by atoms with E-state index in [9.17, 15) is 8.78 Å². The molecule has 3 nitrogen and oxygen atoms in total. The van der Waals surface area contributed by atoms with Gasteiger partial charge in [0.15, 0.2) is 0 Å². The Kier molecular flexibility index (Phi) is 3.66. The number of hydrogen-bond acceptors (Lipinski definition) is 2. The van der Waals surface area contributed by atoms with E-state index in [4.69, 9.17) is 5.73 Å². The fourth-order valence-corrected chi connectivity index (χ4v) is 2.47. The smallest absolute Gasteiger partial charge is 0.280 e. The van der Waals surface area contributed by atoms with Crippen LogP contribution in [0.4, 0.5) is 8.78 Å². The first-order chi connectivity index (χ1) is 8.95. The van der Waals surface area contributed by atoms with Crippen LogP contribution in [0, 0.1) is 20.8 Å². The standard InChI is InChI=1S/C14H17F2N3/c1-8-4-9(2)12(10(3)5-8)19-13(14(15)16)11(6-17)7-18-19/h4-5,7,14H,6,17H2,1-3H3. The van der Waals surface area contributed by atoms with Crippen LogP contribution in [0.3, 0.4) is 0 Å². The summed E-state index contributed by atoms with van der Waals surface area (Å²) in [5.74, 6) is 0. The molecule has 0 amide bonds. The number of nitrogens with two attached hydrogens (primary N) is 1. The van der Waals surface area contributed by atoms with Crippen LogP contribution in [0.2, 0.25) is 0 Å². The molecule has 2 N–H and O–H groups in total. The molecular weight excluding hydrogens is 248 g/mol. The Morgan fingerprint density at radius 3 is 2.26 bits per heavy atom. The molecule has 1 aromatic heterocycles. The van der Waals surface area contributed by atoms with Gasteiger partial charge in [-0.1, -0.05) is 17.7 Å². The van der Waals surface area contributed by atoms with Gasteiger partial charge >= 0.3 is 0 Å². The van der Waals surface area contributed by atoms with E-state index in [0.29, 0.717) is 11.3 Å². The van der Waals surface area contributed by atoms with Crippen LogP contribution in [-0.4, -0.2) is 9.78 Å². The number of alkyl halides is 2. The molecular formula is C14H17F2N3. The highest BCUT2D eigenvalue weighted by molar-refractivity contribution is 5.50. The molecule has 0 fully saturated rings. The zero-order chi connectivity index (χ0) is 14.2. The van der Waals surface area contributed by atoms with Crippen molar-refractivity contribution >= 4 is 0 Å². The highest BCUT2D eigenvalue weighted by Gasteiger charge is 2.21. The number of hydrogen-bond donors (Lipinski definition) is 1. The minimum Gasteiger partial charge on any atom is -0.326 e. The number of benzene rings is 1. The van der Waals surface area contributed by atoms with Crippen LogP contribution < -0.4 is 5.73 Å². The Labute approximate surface area is 111 Å². The Balaban J connectivity index is 2.69. The number of halogens is 2. The van der Waals surface area contributed by atoms with E-state index >= 15 is 0 Å². The van der Waals surface area contributed by atoms with Crippen molar-refractivity contribution in [1.82, 2.24) is 9.78 Å². The summed E-state index contributed by atoms with van der Waals surface area (Å²) >= 11 is 0. The Hall–Kier alpha value is -1.75. The van der Waals surface area contributed by atoms with Crippen molar-refractivity contribution < 1.29 is 8.78 Å². The highest BCUT2D eigenvalue weighted by atomic mass is 19.3. The van der Waals surface area contributed by atoms with Gasteiger partial charge < -0.3 is 5.73 Å². The van der Waals surface area contributed by atoms with Crippen LogP contribution in [0.5, 0.6) is 0 Å². The van der Waals surface area contributed by atoms with Gasteiger partial charge in [0.1, 0.15) is 5.69 Å². The molecule has 102 valence electrons. The third-order valence-electron chi connectivity index (χ3n) is 3.16. The zero-order valence-electron chi connectivity index (χ0n) is 11.2. The third kappa shape index (κ3) is 2.38. The Morgan fingerprint density at radius 2 is 1.79 bits per heavy atom. The molecule has 0 aliphatic rings. The van der Waals surface area contributed by atoms with Crippen molar-refractivity contribution in [2.45, 2.75) is 33.7 Å². The molecule has 0 spiro atoms. The minimum atomic E-state index is -2.60. The molecule has 0 saturated heterocycles. The zero-order valence-corrected chi connectivity index (χ0v) is 11.2. The van der Waals surface area contributed by atoms with Gasteiger partial charge in [-0.15, -0.1) is 0 Å². The second kappa shape index (κ2) is 5.09. The molecule has 0 saturated carbocycles.